The number of carbonyl (C=O) groups is 2. The van der Waals surface area contributed by atoms with Gasteiger partial charge in [-0.1, -0.05) is 34.8 Å². The zero-order valence-electron chi connectivity index (χ0n) is 14.9. The number of hydrogen-bond acceptors (Lipinski definition) is 4. The number of aryl methyl sites for hydroxylation is 1. The van der Waals surface area contributed by atoms with Crippen LogP contribution in [0.3, 0.4) is 0 Å². The van der Waals surface area contributed by atoms with E-state index in [1.807, 2.05) is 6.92 Å². The molecule has 9 heteroatoms. The van der Waals surface area contributed by atoms with Crippen LogP contribution >= 0.6 is 50.7 Å². The Labute approximate surface area is 186 Å². The van der Waals surface area contributed by atoms with Crippen LogP contribution in [0.15, 0.2) is 34.8 Å². The van der Waals surface area contributed by atoms with Crippen LogP contribution < -0.4 is 10.1 Å². The van der Waals surface area contributed by atoms with Crippen LogP contribution in [0.1, 0.15) is 18.4 Å². The normalized spacial score (nSPS) is 10.5. The zero-order chi connectivity index (χ0) is 20.7. The van der Waals surface area contributed by atoms with E-state index in [1.54, 1.807) is 30.3 Å². The van der Waals surface area contributed by atoms with Crippen LogP contribution in [-0.4, -0.2) is 25.1 Å². The predicted octanol–water partition coefficient (Wildman–Crippen LogP) is 6.06. The van der Waals surface area contributed by atoms with Crippen LogP contribution in [0, 0.1) is 6.92 Å². The van der Waals surface area contributed by atoms with E-state index in [4.69, 9.17) is 44.3 Å². The highest BCUT2D eigenvalue weighted by molar-refractivity contribution is 9.10. The summed E-state index contributed by atoms with van der Waals surface area (Å²) in [6, 6.07) is 8.31. The Morgan fingerprint density at radius 1 is 1.11 bits per heavy atom. The average Bonchev–Trinajstić information content (AvgIpc) is 2.63. The number of nitrogens with one attached hydrogen (secondary N) is 1. The van der Waals surface area contributed by atoms with Crippen LogP contribution in [-0.2, 0) is 14.3 Å². The summed E-state index contributed by atoms with van der Waals surface area (Å²) < 4.78 is 11.2. The first kappa shape index (κ1) is 22.8. The summed E-state index contributed by atoms with van der Waals surface area (Å²) in [6.07, 6.45) is 0.530. The van der Waals surface area contributed by atoms with Gasteiger partial charge in [0.15, 0.2) is 6.61 Å². The van der Waals surface area contributed by atoms with Crippen LogP contribution in [0.5, 0.6) is 5.75 Å². The fourth-order valence-electron chi connectivity index (χ4n) is 2.18. The second kappa shape index (κ2) is 10.9. The highest BCUT2D eigenvalue weighted by Gasteiger charge is 2.11. The number of hydrogen-bond donors (Lipinski definition) is 1. The first-order chi connectivity index (χ1) is 13.3. The quantitative estimate of drug-likeness (QED) is 0.347. The van der Waals surface area contributed by atoms with Gasteiger partial charge in [-0.15, -0.1) is 0 Å². The minimum absolute atomic E-state index is 0.113. The Bertz CT molecular complexity index is 876. The third-order valence-corrected chi connectivity index (χ3v) is 5.31. The molecule has 150 valence electrons. The Balaban J connectivity index is 1.69. The molecule has 1 N–H and O–H groups in total. The van der Waals surface area contributed by atoms with Gasteiger partial charge in [0, 0.05) is 21.6 Å². The van der Waals surface area contributed by atoms with Crippen molar-refractivity contribution in [3.63, 3.8) is 0 Å². The molecule has 0 heterocycles. The van der Waals surface area contributed by atoms with Crippen molar-refractivity contribution in [3.05, 3.63) is 55.4 Å². The Kier molecular flexibility index (Phi) is 8.89. The van der Waals surface area contributed by atoms with Crippen molar-refractivity contribution in [1.82, 2.24) is 0 Å². The number of benzene rings is 2. The molecule has 0 unspecified atom stereocenters. The fourth-order valence-corrected chi connectivity index (χ4v) is 3.26. The summed E-state index contributed by atoms with van der Waals surface area (Å²) in [5, 5.41) is 4.04. The second-order valence-corrected chi connectivity index (χ2v) is 7.92. The molecule has 0 spiro atoms. The molecule has 2 rings (SSSR count). The van der Waals surface area contributed by atoms with E-state index in [0.29, 0.717) is 32.9 Å². The zero-order valence-corrected chi connectivity index (χ0v) is 18.7. The van der Waals surface area contributed by atoms with Gasteiger partial charge in [0.2, 0.25) is 0 Å². The monoisotopic (exact) mass is 507 g/mol. The van der Waals surface area contributed by atoms with Crippen LogP contribution in [0.2, 0.25) is 15.1 Å². The lowest BCUT2D eigenvalue weighted by molar-refractivity contribution is -0.147. The largest absolute Gasteiger partial charge is 0.492 e. The van der Waals surface area contributed by atoms with E-state index in [1.165, 1.54) is 0 Å². The maximum atomic E-state index is 12.0. The number of amides is 1. The van der Waals surface area contributed by atoms with E-state index in [0.717, 1.165) is 10.0 Å². The molecule has 1 amide bonds. The minimum atomic E-state index is -0.494. The number of anilines is 1. The molecule has 0 bridgehead atoms. The molecule has 2 aromatic carbocycles. The van der Waals surface area contributed by atoms with E-state index in [2.05, 4.69) is 21.2 Å². The lowest BCUT2D eigenvalue weighted by Crippen LogP contribution is -2.21. The summed E-state index contributed by atoms with van der Waals surface area (Å²) in [7, 11) is 0. The van der Waals surface area contributed by atoms with Crippen molar-refractivity contribution in [2.45, 2.75) is 19.8 Å². The highest BCUT2D eigenvalue weighted by atomic mass is 79.9. The van der Waals surface area contributed by atoms with Crippen molar-refractivity contribution in [3.8, 4) is 5.75 Å². The highest BCUT2D eigenvalue weighted by Crippen LogP contribution is 2.29. The summed E-state index contributed by atoms with van der Waals surface area (Å²) in [4.78, 5) is 23.7. The van der Waals surface area contributed by atoms with Crippen molar-refractivity contribution >= 4 is 68.3 Å². The van der Waals surface area contributed by atoms with Gasteiger partial charge in [-0.3, -0.25) is 9.59 Å². The molecular weight excluding hydrogens is 492 g/mol. The molecule has 0 radical (unpaired) electrons. The summed E-state index contributed by atoms with van der Waals surface area (Å²) in [5.74, 6) is -0.451. The summed E-state index contributed by atoms with van der Waals surface area (Å²) in [5.41, 5.74) is 1.39. The number of ether oxygens (including phenoxy) is 2. The van der Waals surface area contributed by atoms with E-state index < -0.39 is 11.9 Å². The third kappa shape index (κ3) is 7.17. The molecule has 0 fully saturated rings. The topological polar surface area (TPSA) is 64.6 Å². The van der Waals surface area contributed by atoms with Crippen LogP contribution in [0.4, 0.5) is 5.69 Å². The molecule has 0 aliphatic carbocycles. The lowest BCUT2D eigenvalue weighted by Gasteiger charge is -2.11. The average molecular weight is 510 g/mol. The number of halogens is 4. The number of carbonyl (C=O) groups excluding carboxylic acids is 2. The number of esters is 1. The van der Waals surface area contributed by atoms with Gasteiger partial charge in [0.1, 0.15) is 5.75 Å². The number of rotatable bonds is 8. The van der Waals surface area contributed by atoms with Gasteiger partial charge >= 0.3 is 5.97 Å². The van der Waals surface area contributed by atoms with E-state index >= 15 is 0 Å². The smallest absolute Gasteiger partial charge is 0.306 e. The summed E-state index contributed by atoms with van der Waals surface area (Å²) in [6.45, 7) is 1.73. The minimum Gasteiger partial charge on any atom is -0.492 e. The van der Waals surface area contributed by atoms with Crippen molar-refractivity contribution in [1.29, 1.82) is 0 Å². The SMILES string of the molecule is Cc1cc(Br)c(Cl)cc1NC(=O)COC(=O)CCCOc1ccc(Cl)cc1Cl. The molecule has 0 aromatic heterocycles. The molecule has 0 aliphatic rings. The lowest BCUT2D eigenvalue weighted by atomic mass is 10.2. The fraction of sp³-hybridized carbons (Fsp3) is 0.263. The molecular formula is C19H17BrCl3NO4. The molecule has 5 nitrogen and oxygen atoms in total. The Morgan fingerprint density at radius 3 is 2.57 bits per heavy atom. The standard InChI is InChI=1S/C19H17BrCl3NO4/c1-11-7-13(20)14(22)9-16(11)24-18(25)10-28-19(26)3-2-6-27-17-5-4-12(21)8-15(17)23/h4-5,7-9H,2-3,6,10H2,1H3,(H,24,25). The van der Waals surface area contributed by atoms with Crippen molar-refractivity contribution < 1.29 is 19.1 Å². The second-order valence-electron chi connectivity index (χ2n) is 5.82. The molecule has 2 aromatic rings. The van der Waals surface area contributed by atoms with Gasteiger partial charge in [-0.2, -0.15) is 0 Å². The Morgan fingerprint density at radius 2 is 1.86 bits per heavy atom. The summed E-state index contributed by atoms with van der Waals surface area (Å²) >= 11 is 21.1. The Hall–Kier alpha value is -1.47. The molecule has 0 aliphatic heterocycles. The van der Waals surface area contributed by atoms with Gasteiger partial charge in [-0.05, 0) is 65.2 Å². The maximum absolute atomic E-state index is 12.0. The van der Waals surface area contributed by atoms with E-state index in [-0.39, 0.29) is 19.6 Å². The molecule has 0 saturated carbocycles. The van der Waals surface area contributed by atoms with Gasteiger partial charge in [0.05, 0.1) is 16.7 Å². The molecule has 0 atom stereocenters. The maximum Gasteiger partial charge on any atom is 0.306 e. The molecule has 0 saturated heterocycles. The van der Waals surface area contributed by atoms with Crippen LogP contribution in [0.25, 0.3) is 0 Å². The van der Waals surface area contributed by atoms with Crippen molar-refractivity contribution in [2.75, 3.05) is 18.5 Å². The first-order valence-electron chi connectivity index (χ1n) is 8.25. The van der Waals surface area contributed by atoms with Crippen molar-refractivity contribution in [2.24, 2.45) is 0 Å². The van der Waals surface area contributed by atoms with Gasteiger partial charge in [-0.25, -0.2) is 0 Å². The first-order valence-corrected chi connectivity index (χ1v) is 10.2. The van der Waals surface area contributed by atoms with E-state index in [9.17, 15) is 9.59 Å². The third-order valence-electron chi connectivity index (χ3n) is 3.58. The predicted molar refractivity (Wildman–Crippen MR) is 115 cm³/mol. The van der Waals surface area contributed by atoms with Gasteiger partial charge in [0.25, 0.3) is 5.91 Å². The van der Waals surface area contributed by atoms with Gasteiger partial charge < -0.3 is 14.8 Å². The molecule has 28 heavy (non-hydrogen) atoms.